The van der Waals surface area contributed by atoms with Crippen LogP contribution >= 0.6 is 0 Å². The Kier molecular flexibility index (Phi) is 3.87. The highest BCUT2D eigenvalue weighted by Crippen LogP contribution is 2.15. The van der Waals surface area contributed by atoms with Crippen LogP contribution in [0.1, 0.15) is 44.9 Å². The summed E-state index contributed by atoms with van der Waals surface area (Å²) in [6, 6.07) is 0.302. The van der Waals surface area contributed by atoms with E-state index in [9.17, 15) is 4.79 Å². The van der Waals surface area contributed by atoms with E-state index >= 15 is 0 Å². The predicted molar refractivity (Wildman–Crippen MR) is 60.9 cm³/mol. The van der Waals surface area contributed by atoms with Gasteiger partial charge in [-0.05, 0) is 32.1 Å². The van der Waals surface area contributed by atoms with Crippen LogP contribution < -0.4 is 0 Å². The molecule has 0 unspecified atom stereocenters. The van der Waals surface area contributed by atoms with E-state index in [1.165, 1.54) is 44.9 Å². The minimum absolute atomic E-state index is 0.302. The molecule has 15 heavy (non-hydrogen) atoms. The summed E-state index contributed by atoms with van der Waals surface area (Å²) in [4.78, 5) is 16.3. The minimum atomic E-state index is 0.302. The highest BCUT2D eigenvalue weighted by atomic mass is 16.2. The van der Waals surface area contributed by atoms with Crippen LogP contribution in [0.25, 0.3) is 0 Å². The van der Waals surface area contributed by atoms with Crippen molar-refractivity contribution in [1.29, 1.82) is 0 Å². The van der Waals surface area contributed by atoms with Crippen LogP contribution in [0, 0.1) is 0 Å². The summed E-state index contributed by atoms with van der Waals surface area (Å²) in [6.07, 6.45) is 8.66. The van der Waals surface area contributed by atoms with E-state index in [-0.39, 0.29) is 0 Å². The predicted octanol–water partition coefficient (Wildman–Crippen LogP) is 2.47. The molecule has 2 aliphatic heterocycles. The van der Waals surface area contributed by atoms with Crippen molar-refractivity contribution in [2.45, 2.75) is 44.9 Å². The molecule has 0 atom stereocenters. The Morgan fingerprint density at radius 2 is 0.933 bits per heavy atom. The lowest BCUT2D eigenvalue weighted by molar-refractivity contribution is 0.145. The third kappa shape index (κ3) is 2.86. The number of piperidine rings is 1. The lowest BCUT2D eigenvalue weighted by Crippen LogP contribution is -2.45. The highest BCUT2D eigenvalue weighted by molar-refractivity contribution is 5.74. The fourth-order valence-electron chi connectivity index (χ4n) is 2.55. The number of rotatable bonds is 0. The Balaban J connectivity index is 1.87. The quantitative estimate of drug-likeness (QED) is 0.602. The normalized spacial score (nSPS) is 23.7. The first kappa shape index (κ1) is 10.8. The smallest absolute Gasteiger partial charge is 0.319 e. The maximum atomic E-state index is 12.2. The van der Waals surface area contributed by atoms with Gasteiger partial charge in [0.1, 0.15) is 0 Å². The molecular weight excluding hydrogens is 188 g/mol. The van der Waals surface area contributed by atoms with Crippen LogP contribution in [-0.2, 0) is 0 Å². The van der Waals surface area contributed by atoms with Crippen molar-refractivity contribution < 1.29 is 4.79 Å². The van der Waals surface area contributed by atoms with Crippen LogP contribution in [0.5, 0.6) is 0 Å². The molecule has 3 heteroatoms. The Labute approximate surface area is 92.4 Å². The number of carbonyl (C=O) groups excluding carboxylic acids is 1. The van der Waals surface area contributed by atoms with Gasteiger partial charge >= 0.3 is 6.03 Å². The van der Waals surface area contributed by atoms with Crippen LogP contribution in [0.15, 0.2) is 0 Å². The first-order valence-corrected chi connectivity index (χ1v) is 6.42. The van der Waals surface area contributed by atoms with E-state index in [1.807, 2.05) is 0 Å². The third-order valence-electron chi connectivity index (χ3n) is 3.50. The van der Waals surface area contributed by atoms with Gasteiger partial charge in [0, 0.05) is 26.2 Å². The first-order chi connectivity index (χ1) is 7.38. The summed E-state index contributed by atoms with van der Waals surface area (Å²) in [5, 5.41) is 0. The number of hydrogen-bond donors (Lipinski definition) is 0. The molecule has 0 aromatic carbocycles. The van der Waals surface area contributed by atoms with Crippen LogP contribution in [0.2, 0.25) is 0 Å². The maximum absolute atomic E-state index is 12.2. The summed E-state index contributed by atoms with van der Waals surface area (Å²) >= 11 is 0. The number of nitrogens with zero attached hydrogens (tertiary/aromatic N) is 2. The van der Waals surface area contributed by atoms with E-state index in [0.717, 1.165) is 26.2 Å². The van der Waals surface area contributed by atoms with Crippen LogP contribution in [0.3, 0.4) is 0 Å². The summed E-state index contributed by atoms with van der Waals surface area (Å²) in [5.41, 5.74) is 0. The molecule has 0 aliphatic carbocycles. The van der Waals surface area contributed by atoms with Gasteiger partial charge in [-0.2, -0.15) is 0 Å². The van der Waals surface area contributed by atoms with Crippen molar-refractivity contribution in [2.75, 3.05) is 26.2 Å². The number of likely N-dealkylation sites (tertiary alicyclic amines) is 2. The van der Waals surface area contributed by atoms with E-state index in [2.05, 4.69) is 9.80 Å². The van der Waals surface area contributed by atoms with Crippen molar-refractivity contribution in [2.24, 2.45) is 0 Å². The van der Waals surface area contributed by atoms with Crippen LogP contribution in [-0.4, -0.2) is 42.0 Å². The molecule has 2 heterocycles. The van der Waals surface area contributed by atoms with Gasteiger partial charge in [-0.1, -0.05) is 12.8 Å². The van der Waals surface area contributed by atoms with Gasteiger partial charge in [-0.3, -0.25) is 0 Å². The zero-order chi connectivity index (χ0) is 10.5. The molecular formula is C12H22N2O. The van der Waals surface area contributed by atoms with Gasteiger partial charge in [-0.15, -0.1) is 0 Å². The number of hydrogen-bond acceptors (Lipinski definition) is 1. The average Bonchev–Trinajstić information content (AvgIpc) is 2.58. The minimum Gasteiger partial charge on any atom is -0.325 e. The Hall–Kier alpha value is -0.730. The molecule has 2 amide bonds. The number of carbonyl (C=O) groups is 1. The number of amides is 2. The number of urea groups is 1. The lowest BCUT2D eigenvalue weighted by Gasteiger charge is -2.32. The second kappa shape index (κ2) is 5.38. The standard InChI is InChI=1S/C12H22N2O/c15-12(14-10-6-3-7-11-14)13-8-4-1-2-5-9-13/h1-11H2. The molecule has 3 nitrogen and oxygen atoms in total. The molecule has 0 saturated carbocycles. The van der Waals surface area contributed by atoms with E-state index in [4.69, 9.17) is 0 Å². The SMILES string of the molecule is O=C(N1CCCCCC1)N1CCCCC1. The van der Waals surface area contributed by atoms with Crippen molar-refractivity contribution in [1.82, 2.24) is 9.80 Å². The highest BCUT2D eigenvalue weighted by Gasteiger charge is 2.22. The summed E-state index contributed by atoms with van der Waals surface area (Å²) < 4.78 is 0. The van der Waals surface area contributed by atoms with Crippen molar-refractivity contribution in [3.05, 3.63) is 0 Å². The second-order valence-electron chi connectivity index (χ2n) is 4.73. The Bertz CT molecular complexity index is 204. The average molecular weight is 210 g/mol. The van der Waals surface area contributed by atoms with Gasteiger partial charge in [0.05, 0.1) is 0 Å². The van der Waals surface area contributed by atoms with Crippen molar-refractivity contribution >= 4 is 6.03 Å². The Morgan fingerprint density at radius 1 is 0.600 bits per heavy atom. The fraction of sp³-hybridized carbons (Fsp3) is 0.917. The van der Waals surface area contributed by atoms with E-state index < -0.39 is 0 Å². The van der Waals surface area contributed by atoms with Gasteiger partial charge in [0.25, 0.3) is 0 Å². The van der Waals surface area contributed by atoms with Gasteiger partial charge in [-0.25, -0.2) is 4.79 Å². The van der Waals surface area contributed by atoms with Crippen molar-refractivity contribution in [3.63, 3.8) is 0 Å². The summed E-state index contributed by atoms with van der Waals surface area (Å²) in [5.74, 6) is 0. The van der Waals surface area contributed by atoms with E-state index in [0.29, 0.717) is 6.03 Å². The maximum Gasteiger partial charge on any atom is 0.319 e. The molecule has 2 fully saturated rings. The molecule has 0 aromatic heterocycles. The largest absolute Gasteiger partial charge is 0.325 e. The van der Waals surface area contributed by atoms with Crippen molar-refractivity contribution in [3.8, 4) is 0 Å². The molecule has 2 rings (SSSR count). The Morgan fingerprint density at radius 3 is 1.33 bits per heavy atom. The molecule has 86 valence electrons. The molecule has 0 N–H and O–H groups in total. The molecule has 2 saturated heterocycles. The third-order valence-corrected chi connectivity index (χ3v) is 3.50. The molecule has 0 bridgehead atoms. The molecule has 0 aromatic rings. The molecule has 0 spiro atoms. The molecule has 0 radical (unpaired) electrons. The van der Waals surface area contributed by atoms with Gasteiger partial charge in [0.2, 0.25) is 0 Å². The summed E-state index contributed by atoms with van der Waals surface area (Å²) in [6.45, 7) is 3.93. The van der Waals surface area contributed by atoms with Gasteiger partial charge < -0.3 is 9.80 Å². The zero-order valence-electron chi connectivity index (χ0n) is 9.58. The summed E-state index contributed by atoms with van der Waals surface area (Å²) in [7, 11) is 0. The second-order valence-corrected chi connectivity index (χ2v) is 4.73. The monoisotopic (exact) mass is 210 g/mol. The first-order valence-electron chi connectivity index (χ1n) is 6.42. The fourth-order valence-corrected chi connectivity index (χ4v) is 2.55. The van der Waals surface area contributed by atoms with E-state index in [1.54, 1.807) is 0 Å². The lowest BCUT2D eigenvalue weighted by atomic mass is 10.1. The molecule has 2 aliphatic rings. The zero-order valence-corrected chi connectivity index (χ0v) is 9.58. The van der Waals surface area contributed by atoms with Gasteiger partial charge in [0.15, 0.2) is 0 Å². The topological polar surface area (TPSA) is 23.6 Å². The van der Waals surface area contributed by atoms with Crippen LogP contribution in [0.4, 0.5) is 4.79 Å².